The van der Waals surface area contributed by atoms with Crippen molar-refractivity contribution in [1.82, 2.24) is 14.8 Å². The Morgan fingerprint density at radius 3 is 2.75 bits per heavy atom. The molecule has 4 nitrogen and oxygen atoms in total. The Hall–Kier alpha value is -1.68. The summed E-state index contributed by atoms with van der Waals surface area (Å²) >= 11 is 0. The SMILES string of the molecule is CC(C)C1(c2ccccc2)OCCCC1n1cncn1. The van der Waals surface area contributed by atoms with Crippen molar-refractivity contribution in [1.29, 1.82) is 0 Å². The average Bonchev–Trinajstić information content (AvgIpc) is 3.02. The predicted octanol–water partition coefficient (Wildman–Crippen LogP) is 3.18. The second-order valence-corrected chi connectivity index (χ2v) is 5.70. The van der Waals surface area contributed by atoms with Crippen LogP contribution in [0.15, 0.2) is 43.0 Å². The Kier molecular flexibility index (Phi) is 3.57. The lowest BCUT2D eigenvalue weighted by Gasteiger charge is -2.47. The van der Waals surface area contributed by atoms with Gasteiger partial charge in [-0.1, -0.05) is 44.2 Å². The fourth-order valence-corrected chi connectivity index (χ4v) is 3.39. The molecule has 1 aliphatic rings. The van der Waals surface area contributed by atoms with E-state index in [0.29, 0.717) is 5.92 Å². The highest BCUT2D eigenvalue weighted by Gasteiger charge is 2.47. The van der Waals surface area contributed by atoms with Gasteiger partial charge in [0.2, 0.25) is 0 Å². The third-order valence-corrected chi connectivity index (χ3v) is 4.30. The molecule has 1 fully saturated rings. The van der Waals surface area contributed by atoms with Crippen LogP contribution in [0.4, 0.5) is 0 Å². The second-order valence-electron chi connectivity index (χ2n) is 5.70. The van der Waals surface area contributed by atoms with Crippen LogP contribution in [0, 0.1) is 5.92 Å². The maximum absolute atomic E-state index is 6.36. The number of nitrogens with zero attached hydrogens (tertiary/aromatic N) is 3. The lowest BCUT2D eigenvalue weighted by Crippen LogP contribution is -2.47. The van der Waals surface area contributed by atoms with E-state index in [-0.39, 0.29) is 11.6 Å². The van der Waals surface area contributed by atoms with Crippen molar-refractivity contribution in [3.63, 3.8) is 0 Å². The van der Waals surface area contributed by atoms with Gasteiger partial charge in [0, 0.05) is 6.61 Å². The molecule has 0 aliphatic carbocycles. The number of benzene rings is 1. The van der Waals surface area contributed by atoms with Crippen molar-refractivity contribution in [3.8, 4) is 0 Å². The predicted molar refractivity (Wildman–Crippen MR) is 77.2 cm³/mol. The van der Waals surface area contributed by atoms with Crippen LogP contribution >= 0.6 is 0 Å². The van der Waals surface area contributed by atoms with E-state index in [9.17, 15) is 0 Å². The number of hydrogen-bond acceptors (Lipinski definition) is 3. The lowest BCUT2D eigenvalue weighted by molar-refractivity contribution is -0.151. The highest BCUT2D eigenvalue weighted by atomic mass is 16.5. The van der Waals surface area contributed by atoms with Crippen LogP contribution in [-0.4, -0.2) is 21.4 Å². The summed E-state index contributed by atoms with van der Waals surface area (Å²) in [4.78, 5) is 4.11. The summed E-state index contributed by atoms with van der Waals surface area (Å²) in [6.07, 6.45) is 5.53. The molecule has 1 saturated heterocycles. The minimum Gasteiger partial charge on any atom is -0.368 e. The zero-order valence-corrected chi connectivity index (χ0v) is 12.1. The van der Waals surface area contributed by atoms with Crippen LogP contribution in [0.25, 0.3) is 0 Å². The standard InChI is InChI=1S/C16H21N3O/c1-13(2)16(14-7-4-3-5-8-14)15(9-6-10-20-16)19-12-17-11-18-19/h3-5,7-8,11-13,15H,6,9-10H2,1-2H3. The minimum atomic E-state index is -0.326. The Morgan fingerprint density at radius 2 is 2.10 bits per heavy atom. The first kappa shape index (κ1) is 13.3. The maximum Gasteiger partial charge on any atom is 0.137 e. The van der Waals surface area contributed by atoms with Crippen LogP contribution < -0.4 is 0 Å². The summed E-state index contributed by atoms with van der Waals surface area (Å²) < 4.78 is 8.33. The second kappa shape index (κ2) is 5.37. The molecule has 20 heavy (non-hydrogen) atoms. The highest BCUT2D eigenvalue weighted by molar-refractivity contribution is 5.26. The Morgan fingerprint density at radius 1 is 1.30 bits per heavy atom. The number of aromatic nitrogens is 3. The van der Waals surface area contributed by atoms with Gasteiger partial charge in [0.15, 0.2) is 0 Å². The first-order valence-corrected chi connectivity index (χ1v) is 7.28. The molecule has 0 radical (unpaired) electrons. The van der Waals surface area contributed by atoms with Gasteiger partial charge in [0.1, 0.15) is 18.3 Å². The van der Waals surface area contributed by atoms with Crippen molar-refractivity contribution in [3.05, 3.63) is 48.5 Å². The molecular formula is C16H21N3O. The topological polar surface area (TPSA) is 39.9 Å². The Balaban J connectivity index is 2.11. The largest absolute Gasteiger partial charge is 0.368 e. The number of rotatable bonds is 3. The zero-order valence-electron chi connectivity index (χ0n) is 12.1. The Bertz CT molecular complexity index is 538. The van der Waals surface area contributed by atoms with E-state index in [2.05, 4.69) is 48.2 Å². The molecule has 2 aromatic rings. The number of ether oxygens (including phenoxy) is 1. The fraction of sp³-hybridized carbons (Fsp3) is 0.500. The van der Waals surface area contributed by atoms with Gasteiger partial charge in [0.25, 0.3) is 0 Å². The van der Waals surface area contributed by atoms with Gasteiger partial charge >= 0.3 is 0 Å². The van der Waals surface area contributed by atoms with E-state index < -0.39 is 0 Å². The van der Waals surface area contributed by atoms with Crippen molar-refractivity contribution in [2.45, 2.75) is 38.3 Å². The minimum absolute atomic E-state index is 0.196. The van der Waals surface area contributed by atoms with E-state index in [0.717, 1.165) is 19.4 Å². The third kappa shape index (κ3) is 2.04. The summed E-state index contributed by atoms with van der Waals surface area (Å²) in [5, 5.41) is 4.37. The monoisotopic (exact) mass is 271 g/mol. The molecule has 1 aliphatic heterocycles. The molecule has 2 atom stereocenters. The molecule has 0 N–H and O–H groups in total. The summed E-state index contributed by atoms with van der Waals surface area (Å²) in [5.74, 6) is 0.361. The van der Waals surface area contributed by atoms with Crippen molar-refractivity contribution >= 4 is 0 Å². The average molecular weight is 271 g/mol. The van der Waals surface area contributed by atoms with E-state index in [1.54, 1.807) is 12.7 Å². The third-order valence-electron chi connectivity index (χ3n) is 4.30. The Labute approximate surface area is 119 Å². The lowest BCUT2D eigenvalue weighted by atomic mass is 9.74. The van der Waals surface area contributed by atoms with Crippen molar-refractivity contribution in [2.24, 2.45) is 5.92 Å². The molecule has 0 bridgehead atoms. The molecule has 4 heteroatoms. The quantitative estimate of drug-likeness (QED) is 0.860. The van der Waals surface area contributed by atoms with Gasteiger partial charge in [-0.15, -0.1) is 0 Å². The van der Waals surface area contributed by atoms with Crippen LogP contribution in [0.2, 0.25) is 0 Å². The van der Waals surface area contributed by atoms with Crippen molar-refractivity contribution < 1.29 is 4.74 Å². The normalized spacial score (nSPS) is 26.9. The molecule has 0 saturated carbocycles. The first-order valence-electron chi connectivity index (χ1n) is 7.28. The van der Waals surface area contributed by atoms with Crippen molar-refractivity contribution in [2.75, 3.05) is 6.61 Å². The molecular weight excluding hydrogens is 250 g/mol. The van der Waals surface area contributed by atoms with Gasteiger partial charge < -0.3 is 4.74 Å². The molecule has 2 heterocycles. The summed E-state index contributed by atoms with van der Waals surface area (Å²) in [6.45, 7) is 5.25. The van der Waals surface area contributed by atoms with Gasteiger partial charge in [-0.2, -0.15) is 5.10 Å². The smallest absolute Gasteiger partial charge is 0.137 e. The zero-order chi connectivity index (χ0) is 14.0. The molecule has 3 rings (SSSR count). The molecule has 1 aromatic carbocycles. The molecule has 106 valence electrons. The van der Waals surface area contributed by atoms with Crippen LogP contribution in [0.5, 0.6) is 0 Å². The van der Waals surface area contributed by atoms with Gasteiger partial charge in [-0.05, 0) is 24.3 Å². The first-order chi connectivity index (χ1) is 9.75. The molecule has 2 unspecified atom stereocenters. The highest BCUT2D eigenvalue weighted by Crippen LogP contribution is 2.47. The summed E-state index contributed by atoms with van der Waals surface area (Å²) in [5.41, 5.74) is 0.905. The van der Waals surface area contributed by atoms with Crippen LogP contribution in [-0.2, 0) is 10.3 Å². The molecule has 0 amide bonds. The summed E-state index contributed by atoms with van der Waals surface area (Å²) in [6, 6.07) is 10.7. The summed E-state index contributed by atoms with van der Waals surface area (Å²) in [7, 11) is 0. The maximum atomic E-state index is 6.36. The van der Waals surface area contributed by atoms with Gasteiger partial charge in [-0.3, -0.25) is 0 Å². The van der Waals surface area contributed by atoms with E-state index in [1.165, 1.54) is 5.56 Å². The number of hydrogen-bond donors (Lipinski definition) is 0. The van der Waals surface area contributed by atoms with Gasteiger partial charge in [0.05, 0.1) is 6.04 Å². The van der Waals surface area contributed by atoms with E-state index >= 15 is 0 Å². The van der Waals surface area contributed by atoms with E-state index in [4.69, 9.17) is 4.74 Å². The van der Waals surface area contributed by atoms with Gasteiger partial charge in [-0.25, -0.2) is 9.67 Å². The van der Waals surface area contributed by atoms with E-state index in [1.807, 2.05) is 10.7 Å². The molecule has 0 spiro atoms. The van der Waals surface area contributed by atoms with Crippen LogP contribution in [0.3, 0.4) is 0 Å². The van der Waals surface area contributed by atoms with Crippen LogP contribution in [0.1, 0.15) is 38.3 Å². The molecule has 1 aromatic heterocycles. The fourth-order valence-electron chi connectivity index (χ4n) is 3.39.